The van der Waals surface area contributed by atoms with Gasteiger partial charge in [-0.1, -0.05) is 58.7 Å². The lowest BCUT2D eigenvalue weighted by Gasteiger charge is -2.23. The summed E-state index contributed by atoms with van der Waals surface area (Å²) in [5.74, 6) is 0.766. The molecule has 119 valence electrons. The fourth-order valence-corrected chi connectivity index (χ4v) is 2.59. The van der Waals surface area contributed by atoms with Gasteiger partial charge in [-0.15, -0.1) is 0 Å². The molecule has 0 fully saturated rings. The van der Waals surface area contributed by atoms with Crippen molar-refractivity contribution in [1.29, 1.82) is 0 Å². The Bertz CT molecular complexity index is 362. The molecule has 0 aliphatic rings. The molecular formula is C20H34N. The van der Waals surface area contributed by atoms with Crippen LogP contribution in [0.2, 0.25) is 0 Å². The van der Waals surface area contributed by atoms with Gasteiger partial charge in [-0.3, -0.25) is 4.90 Å². The monoisotopic (exact) mass is 288 g/mol. The lowest BCUT2D eigenvalue weighted by atomic mass is 9.98. The van der Waals surface area contributed by atoms with Gasteiger partial charge in [0.05, 0.1) is 0 Å². The lowest BCUT2D eigenvalue weighted by Crippen LogP contribution is -2.26. The second-order valence-electron chi connectivity index (χ2n) is 6.59. The maximum absolute atomic E-state index is 3.48. The van der Waals surface area contributed by atoms with Crippen LogP contribution in [0.1, 0.15) is 70.9 Å². The van der Waals surface area contributed by atoms with Crippen molar-refractivity contribution in [2.24, 2.45) is 5.92 Å². The van der Waals surface area contributed by atoms with Crippen LogP contribution < -0.4 is 0 Å². The molecule has 0 saturated heterocycles. The molecule has 1 aromatic carbocycles. The number of nitrogens with zero attached hydrogens (tertiary/aromatic N) is 1. The molecule has 0 aromatic heterocycles. The number of benzene rings is 1. The smallest absolute Gasteiger partial charge is 0.0236 e. The van der Waals surface area contributed by atoms with E-state index >= 15 is 0 Å². The van der Waals surface area contributed by atoms with Gasteiger partial charge in [-0.05, 0) is 61.9 Å². The highest BCUT2D eigenvalue weighted by Crippen LogP contribution is 2.16. The van der Waals surface area contributed by atoms with Crippen LogP contribution in [0.15, 0.2) is 18.2 Å². The van der Waals surface area contributed by atoms with Crippen LogP contribution in [-0.4, -0.2) is 18.0 Å². The van der Waals surface area contributed by atoms with Crippen molar-refractivity contribution < 1.29 is 0 Å². The fourth-order valence-electron chi connectivity index (χ4n) is 2.59. The van der Waals surface area contributed by atoms with Gasteiger partial charge >= 0.3 is 0 Å². The molecule has 1 heteroatoms. The first kappa shape index (κ1) is 18.2. The van der Waals surface area contributed by atoms with Gasteiger partial charge in [0.1, 0.15) is 0 Å². The molecule has 1 rings (SSSR count). The third-order valence-electron chi connectivity index (χ3n) is 4.06. The summed E-state index contributed by atoms with van der Waals surface area (Å²) in [6.07, 6.45) is 7.61. The highest BCUT2D eigenvalue weighted by atomic mass is 15.1. The Balaban J connectivity index is 2.67. The van der Waals surface area contributed by atoms with Gasteiger partial charge in [0.25, 0.3) is 0 Å². The predicted molar refractivity (Wildman–Crippen MR) is 93.5 cm³/mol. The van der Waals surface area contributed by atoms with Gasteiger partial charge in [0.2, 0.25) is 0 Å². The van der Waals surface area contributed by atoms with E-state index in [4.69, 9.17) is 0 Å². The molecule has 0 atom stereocenters. The van der Waals surface area contributed by atoms with Gasteiger partial charge in [0, 0.05) is 6.54 Å². The summed E-state index contributed by atoms with van der Waals surface area (Å²) in [5, 5.41) is 0. The molecule has 1 radical (unpaired) electrons. The summed E-state index contributed by atoms with van der Waals surface area (Å²) in [5.41, 5.74) is 2.93. The molecule has 1 nitrogen and oxygen atoms in total. The quantitative estimate of drug-likeness (QED) is 0.521. The number of aryl methyl sites for hydroxylation is 1. The Morgan fingerprint density at radius 1 is 1.10 bits per heavy atom. The molecule has 0 aliphatic heterocycles. The average Bonchev–Trinajstić information content (AvgIpc) is 2.48. The van der Waals surface area contributed by atoms with Crippen molar-refractivity contribution in [2.45, 2.75) is 72.8 Å². The van der Waals surface area contributed by atoms with E-state index in [1.807, 2.05) is 0 Å². The van der Waals surface area contributed by atoms with Crippen LogP contribution in [0, 0.1) is 12.0 Å². The maximum Gasteiger partial charge on any atom is 0.0236 e. The number of unbranched alkanes of at least 4 members (excludes halogenated alkanes) is 2. The minimum Gasteiger partial charge on any atom is -0.299 e. The summed E-state index contributed by atoms with van der Waals surface area (Å²) in [6, 6.07) is 10.0. The van der Waals surface area contributed by atoms with E-state index in [0.717, 1.165) is 12.5 Å². The topological polar surface area (TPSA) is 3.24 Å². The molecule has 0 amide bonds. The molecule has 1 aromatic rings. The second kappa shape index (κ2) is 10.8. The first-order chi connectivity index (χ1) is 10.2. The van der Waals surface area contributed by atoms with Crippen molar-refractivity contribution in [3.8, 4) is 0 Å². The molecule has 0 bridgehead atoms. The highest BCUT2D eigenvalue weighted by molar-refractivity contribution is 5.26. The van der Waals surface area contributed by atoms with Crippen molar-refractivity contribution in [3.63, 3.8) is 0 Å². The van der Waals surface area contributed by atoms with E-state index in [1.165, 1.54) is 62.7 Å². The minimum atomic E-state index is 0.766. The van der Waals surface area contributed by atoms with E-state index in [0.29, 0.717) is 0 Å². The highest BCUT2D eigenvalue weighted by Gasteiger charge is 2.09. The van der Waals surface area contributed by atoms with Crippen LogP contribution in [0.4, 0.5) is 0 Å². The molecular weight excluding hydrogens is 254 g/mol. The lowest BCUT2D eigenvalue weighted by molar-refractivity contribution is 0.256. The molecule has 0 aliphatic carbocycles. The van der Waals surface area contributed by atoms with Gasteiger partial charge < -0.3 is 0 Å². The summed E-state index contributed by atoms with van der Waals surface area (Å²) < 4.78 is 0. The van der Waals surface area contributed by atoms with Crippen molar-refractivity contribution >= 4 is 0 Å². The van der Waals surface area contributed by atoms with E-state index in [9.17, 15) is 0 Å². The Morgan fingerprint density at radius 2 is 1.76 bits per heavy atom. The fraction of sp³-hybridized carbons (Fsp3) is 0.700. The van der Waals surface area contributed by atoms with Crippen LogP contribution >= 0.6 is 0 Å². The van der Waals surface area contributed by atoms with Crippen LogP contribution in [0.3, 0.4) is 0 Å². The van der Waals surface area contributed by atoms with Crippen molar-refractivity contribution in [1.82, 2.24) is 4.90 Å². The average molecular weight is 288 g/mol. The SMILES string of the molecule is CCCCN(CCCC)Cc1ccc[c]c1CCC(C)C. The van der Waals surface area contributed by atoms with Crippen LogP contribution in [0.5, 0.6) is 0 Å². The molecule has 0 heterocycles. The first-order valence-electron chi connectivity index (χ1n) is 8.88. The zero-order chi connectivity index (χ0) is 15.5. The normalized spacial score (nSPS) is 11.5. The Morgan fingerprint density at radius 3 is 2.33 bits per heavy atom. The number of rotatable bonds is 11. The third-order valence-corrected chi connectivity index (χ3v) is 4.06. The van der Waals surface area contributed by atoms with E-state index < -0.39 is 0 Å². The molecule has 0 unspecified atom stereocenters. The third kappa shape index (κ3) is 7.66. The Kier molecular flexibility index (Phi) is 9.41. The van der Waals surface area contributed by atoms with Gasteiger partial charge in [-0.2, -0.15) is 0 Å². The van der Waals surface area contributed by atoms with E-state index in [1.54, 1.807) is 0 Å². The van der Waals surface area contributed by atoms with Gasteiger partial charge in [0.15, 0.2) is 0 Å². The van der Waals surface area contributed by atoms with E-state index in [2.05, 4.69) is 56.9 Å². The zero-order valence-corrected chi connectivity index (χ0v) is 14.6. The standard InChI is InChI=1S/C20H34N/c1-5-7-15-21(16-8-6-2)17-20-12-10-9-11-19(20)14-13-18(3)4/h9-10,12,18H,5-8,13-17H2,1-4H3. The van der Waals surface area contributed by atoms with Crippen molar-refractivity contribution in [2.75, 3.05) is 13.1 Å². The Hall–Kier alpha value is -0.820. The zero-order valence-electron chi connectivity index (χ0n) is 14.6. The van der Waals surface area contributed by atoms with Crippen LogP contribution in [-0.2, 0) is 13.0 Å². The molecule has 0 saturated carbocycles. The Labute approximate surface area is 132 Å². The molecule has 0 spiro atoms. The maximum atomic E-state index is 3.48. The summed E-state index contributed by atoms with van der Waals surface area (Å²) in [7, 11) is 0. The minimum absolute atomic E-state index is 0.766. The number of hydrogen-bond donors (Lipinski definition) is 0. The predicted octanol–water partition coefficient (Wildman–Crippen LogP) is 5.48. The molecule has 21 heavy (non-hydrogen) atoms. The summed E-state index contributed by atoms with van der Waals surface area (Å²) >= 11 is 0. The van der Waals surface area contributed by atoms with Crippen LogP contribution in [0.25, 0.3) is 0 Å². The number of hydrogen-bond acceptors (Lipinski definition) is 1. The second-order valence-corrected chi connectivity index (χ2v) is 6.59. The van der Waals surface area contributed by atoms with E-state index in [-0.39, 0.29) is 0 Å². The largest absolute Gasteiger partial charge is 0.299 e. The summed E-state index contributed by atoms with van der Waals surface area (Å²) in [4.78, 5) is 2.63. The van der Waals surface area contributed by atoms with Gasteiger partial charge in [-0.25, -0.2) is 0 Å². The summed E-state index contributed by atoms with van der Waals surface area (Å²) in [6.45, 7) is 12.7. The van der Waals surface area contributed by atoms with Crippen molar-refractivity contribution in [3.05, 3.63) is 35.4 Å². The first-order valence-corrected chi connectivity index (χ1v) is 8.88. The molecule has 0 N–H and O–H groups in total.